The second-order valence-corrected chi connectivity index (χ2v) is 5.90. The molecule has 0 radical (unpaired) electrons. The van der Waals surface area contributed by atoms with Gasteiger partial charge in [0.05, 0.1) is 18.9 Å². The summed E-state index contributed by atoms with van der Waals surface area (Å²) in [5, 5.41) is 2.97. The van der Waals surface area contributed by atoms with Crippen LogP contribution >= 0.6 is 12.6 Å². The number of hydrogen-bond acceptors (Lipinski definition) is 4. The second-order valence-electron chi connectivity index (χ2n) is 5.45. The lowest BCUT2D eigenvalue weighted by Crippen LogP contribution is -2.40. The number of carbonyl (C=O) groups excluding carboxylic acids is 2. The molecule has 1 rings (SSSR count). The van der Waals surface area contributed by atoms with E-state index in [1.54, 1.807) is 0 Å². The van der Waals surface area contributed by atoms with E-state index in [1.165, 1.54) is 7.11 Å². The minimum absolute atomic E-state index is 0.0225. The predicted octanol–water partition coefficient (Wildman–Crippen LogP) is 3.60. The van der Waals surface area contributed by atoms with Gasteiger partial charge in [-0.3, -0.25) is 9.59 Å². The molecule has 1 N–H and O–H groups in total. The Bertz CT molecular complexity index is 310. The average molecular weight is 332 g/mol. The summed E-state index contributed by atoms with van der Waals surface area (Å²) in [5.41, 5.74) is 0. The fourth-order valence-electron chi connectivity index (χ4n) is 2.81. The molecule has 0 aliphatic heterocycles. The lowest BCUT2D eigenvalue weighted by Gasteiger charge is -2.28. The summed E-state index contributed by atoms with van der Waals surface area (Å²) in [4.78, 5) is 23.9. The van der Waals surface area contributed by atoms with Crippen molar-refractivity contribution in [3.63, 3.8) is 0 Å². The van der Waals surface area contributed by atoms with Gasteiger partial charge in [-0.15, -0.1) is 0 Å². The number of amides is 1. The van der Waals surface area contributed by atoms with E-state index in [-0.39, 0.29) is 23.7 Å². The Hall–Kier alpha value is -0.710. The first kappa shape index (κ1) is 21.3. The fourth-order valence-corrected chi connectivity index (χ4v) is 3.03. The molecule has 2 unspecified atom stereocenters. The number of hydrogen-bond donors (Lipinski definition) is 2. The Labute approximate surface area is 141 Å². The molecule has 0 aromatic rings. The Balaban J connectivity index is 0.00000211. The van der Waals surface area contributed by atoms with Gasteiger partial charge in [0.1, 0.15) is 0 Å². The highest BCUT2D eigenvalue weighted by atomic mass is 32.1. The van der Waals surface area contributed by atoms with E-state index in [2.05, 4.69) is 17.9 Å². The monoisotopic (exact) mass is 331 g/mol. The van der Waals surface area contributed by atoms with Crippen LogP contribution in [0.2, 0.25) is 0 Å². The summed E-state index contributed by atoms with van der Waals surface area (Å²) in [6.07, 6.45) is 8.00. The van der Waals surface area contributed by atoms with Gasteiger partial charge in [-0.1, -0.05) is 39.5 Å². The van der Waals surface area contributed by atoms with E-state index in [0.29, 0.717) is 6.54 Å². The molecule has 0 saturated heterocycles. The minimum atomic E-state index is -0.252. The lowest BCUT2D eigenvalue weighted by molar-refractivity contribution is -0.152. The van der Waals surface area contributed by atoms with E-state index in [4.69, 9.17) is 4.74 Å². The first-order valence-electron chi connectivity index (χ1n) is 8.67. The number of thiol groups is 1. The highest BCUT2D eigenvalue weighted by molar-refractivity contribution is 7.80. The highest BCUT2D eigenvalue weighted by Gasteiger charge is 2.36. The van der Waals surface area contributed by atoms with E-state index < -0.39 is 0 Å². The van der Waals surface area contributed by atoms with Crippen molar-refractivity contribution >= 4 is 24.5 Å². The zero-order chi connectivity index (χ0) is 16.8. The van der Waals surface area contributed by atoms with E-state index in [1.807, 2.05) is 13.8 Å². The molecule has 1 fully saturated rings. The van der Waals surface area contributed by atoms with Crippen molar-refractivity contribution < 1.29 is 14.3 Å². The molecule has 1 aliphatic rings. The molecular weight excluding hydrogens is 298 g/mol. The fraction of sp³-hybridized carbons (Fsp3) is 0.882. The summed E-state index contributed by atoms with van der Waals surface area (Å²) in [6.45, 7) is 4.70. The van der Waals surface area contributed by atoms with Crippen molar-refractivity contribution in [2.45, 2.75) is 65.2 Å². The number of esters is 1. The van der Waals surface area contributed by atoms with Crippen molar-refractivity contribution in [3.8, 4) is 0 Å². The van der Waals surface area contributed by atoms with E-state index in [9.17, 15) is 9.59 Å². The molecule has 0 heterocycles. The summed E-state index contributed by atoms with van der Waals surface area (Å²) in [6, 6.07) is 0. The van der Waals surface area contributed by atoms with Crippen LogP contribution in [0.15, 0.2) is 0 Å². The van der Waals surface area contributed by atoms with Gasteiger partial charge in [0.25, 0.3) is 0 Å². The Morgan fingerprint density at radius 3 is 2.23 bits per heavy atom. The SMILES string of the molecule is CC.COC(=O)C1CCCCC1C(=O)NCCCCCCS. The number of ether oxygens (including phenoxy) is 1. The quantitative estimate of drug-likeness (QED) is 0.406. The molecular formula is C17H33NO3S. The zero-order valence-corrected chi connectivity index (χ0v) is 15.3. The van der Waals surface area contributed by atoms with Crippen LogP contribution in [0, 0.1) is 11.8 Å². The van der Waals surface area contributed by atoms with Crippen LogP contribution < -0.4 is 5.32 Å². The molecule has 130 valence electrons. The number of rotatable bonds is 8. The molecule has 0 aromatic carbocycles. The smallest absolute Gasteiger partial charge is 0.309 e. The summed E-state index contributed by atoms with van der Waals surface area (Å²) < 4.78 is 4.81. The van der Waals surface area contributed by atoms with Gasteiger partial charge >= 0.3 is 5.97 Å². The maximum atomic E-state index is 12.2. The topological polar surface area (TPSA) is 55.4 Å². The molecule has 22 heavy (non-hydrogen) atoms. The van der Waals surface area contributed by atoms with Gasteiger partial charge in [-0.05, 0) is 31.4 Å². The normalized spacial score (nSPS) is 20.5. The highest BCUT2D eigenvalue weighted by Crippen LogP contribution is 2.31. The Kier molecular flexibility index (Phi) is 13.5. The predicted molar refractivity (Wildman–Crippen MR) is 94.1 cm³/mol. The van der Waals surface area contributed by atoms with Gasteiger partial charge in [-0.2, -0.15) is 12.6 Å². The molecule has 2 atom stereocenters. The third-order valence-electron chi connectivity index (χ3n) is 3.99. The number of nitrogens with one attached hydrogen (secondary N) is 1. The molecule has 1 aliphatic carbocycles. The van der Waals surface area contributed by atoms with Gasteiger partial charge in [0.15, 0.2) is 0 Å². The lowest BCUT2D eigenvalue weighted by atomic mass is 9.78. The number of carbonyl (C=O) groups is 2. The van der Waals surface area contributed by atoms with Crippen LogP contribution in [0.25, 0.3) is 0 Å². The molecule has 0 bridgehead atoms. The van der Waals surface area contributed by atoms with E-state index in [0.717, 1.165) is 57.1 Å². The van der Waals surface area contributed by atoms with Crippen LogP contribution in [0.1, 0.15) is 65.2 Å². The first-order chi connectivity index (χ1) is 10.7. The van der Waals surface area contributed by atoms with Crippen LogP contribution in [0.5, 0.6) is 0 Å². The molecule has 1 amide bonds. The Morgan fingerprint density at radius 1 is 1.05 bits per heavy atom. The second kappa shape index (κ2) is 13.9. The summed E-state index contributed by atoms with van der Waals surface area (Å²) in [7, 11) is 1.40. The molecule has 5 heteroatoms. The van der Waals surface area contributed by atoms with Crippen molar-refractivity contribution in [2.24, 2.45) is 11.8 Å². The van der Waals surface area contributed by atoms with Gasteiger partial charge in [0, 0.05) is 6.54 Å². The zero-order valence-electron chi connectivity index (χ0n) is 14.4. The molecule has 0 spiro atoms. The van der Waals surface area contributed by atoms with Gasteiger partial charge < -0.3 is 10.1 Å². The largest absolute Gasteiger partial charge is 0.469 e. The molecule has 1 saturated carbocycles. The van der Waals surface area contributed by atoms with Crippen molar-refractivity contribution in [3.05, 3.63) is 0 Å². The summed E-state index contributed by atoms with van der Waals surface area (Å²) >= 11 is 4.17. The van der Waals surface area contributed by atoms with Crippen molar-refractivity contribution in [1.82, 2.24) is 5.32 Å². The van der Waals surface area contributed by atoms with Crippen molar-refractivity contribution in [1.29, 1.82) is 0 Å². The number of unbranched alkanes of at least 4 members (excludes halogenated alkanes) is 3. The van der Waals surface area contributed by atoms with Crippen molar-refractivity contribution in [2.75, 3.05) is 19.4 Å². The Morgan fingerprint density at radius 2 is 1.64 bits per heavy atom. The minimum Gasteiger partial charge on any atom is -0.469 e. The number of methoxy groups -OCH3 is 1. The molecule has 0 aromatic heterocycles. The third kappa shape index (κ3) is 8.06. The maximum absolute atomic E-state index is 12.2. The van der Waals surface area contributed by atoms with Crippen LogP contribution in [-0.4, -0.2) is 31.3 Å². The first-order valence-corrected chi connectivity index (χ1v) is 9.30. The van der Waals surface area contributed by atoms with Gasteiger partial charge in [0.2, 0.25) is 5.91 Å². The van der Waals surface area contributed by atoms with Crippen LogP contribution in [-0.2, 0) is 14.3 Å². The third-order valence-corrected chi connectivity index (χ3v) is 4.31. The maximum Gasteiger partial charge on any atom is 0.309 e. The standard InChI is InChI=1S/C15H27NO3S.C2H6/c1-19-15(18)13-9-5-4-8-12(13)14(17)16-10-6-2-3-7-11-20;1-2/h12-13,20H,2-11H2,1H3,(H,16,17);1-2H3. The summed E-state index contributed by atoms with van der Waals surface area (Å²) in [5.74, 6) is 0.259. The molecule has 4 nitrogen and oxygen atoms in total. The van der Waals surface area contributed by atoms with Gasteiger partial charge in [-0.25, -0.2) is 0 Å². The average Bonchev–Trinajstić information content (AvgIpc) is 2.58. The van der Waals surface area contributed by atoms with E-state index >= 15 is 0 Å². The van der Waals surface area contributed by atoms with Crippen LogP contribution in [0.4, 0.5) is 0 Å². The van der Waals surface area contributed by atoms with Crippen LogP contribution in [0.3, 0.4) is 0 Å².